The summed E-state index contributed by atoms with van der Waals surface area (Å²) in [5, 5.41) is 0. The second-order valence-corrected chi connectivity index (χ2v) is 6.76. The Kier molecular flexibility index (Phi) is 4.45. The largest absolute Gasteiger partial charge is 0.497 e. The number of carbonyl (C=O) groups is 1. The number of methoxy groups -OCH3 is 1. The lowest BCUT2D eigenvalue weighted by Crippen LogP contribution is -2.41. The van der Waals surface area contributed by atoms with Gasteiger partial charge in [0.2, 0.25) is 0 Å². The third kappa shape index (κ3) is 3.49. The van der Waals surface area contributed by atoms with Gasteiger partial charge in [-0.05, 0) is 43.2 Å². The molecule has 0 aromatic heterocycles. The Morgan fingerprint density at radius 3 is 2.48 bits per heavy atom. The van der Waals surface area contributed by atoms with Gasteiger partial charge < -0.3 is 15.4 Å². The monoisotopic (exact) mass is 290 g/mol. The van der Waals surface area contributed by atoms with Gasteiger partial charge in [0.25, 0.3) is 5.91 Å². The molecule has 1 aliphatic carbocycles. The van der Waals surface area contributed by atoms with Crippen LogP contribution in [0.2, 0.25) is 0 Å². The second-order valence-electron chi connectivity index (χ2n) is 6.76. The van der Waals surface area contributed by atoms with E-state index in [4.69, 9.17) is 10.5 Å². The van der Waals surface area contributed by atoms with E-state index >= 15 is 0 Å². The van der Waals surface area contributed by atoms with Crippen molar-refractivity contribution < 1.29 is 9.53 Å². The fraction of sp³-hybridized carbons (Fsp3) is 0.588. The third-order valence-electron chi connectivity index (χ3n) is 4.67. The zero-order chi connectivity index (χ0) is 15.6. The molecule has 0 saturated heterocycles. The summed E-state index contributed by atoms with van der Waals surface area (Å²) in [4.78, 5) is 14.5. The highest BCUT2D eigenvalue weighted by Gasteiger charge is 2.31. The molecule has 4 nitrogen and oxygen atoms in total. The van der Waals surface area contributed by atoms with Gasteiger partial charge in [-0.3, -0.25) is 4.79 Å². The zero-order valence-electron chi connectivity index (χ0n) is 13.5. The highest BCUT2D eigenvalue weighted by molar-refractivity contribution is 5.99. The first-order valence-electron chi connectivity index (χ1n) is 7.55. The normalized spacial score (nSPS) is 18.3. The summed E-state index contributed by atoms with van der Waals surface area (Å²) in [7, 11) is 3.47. The number of hydrogen-bond donors (Lipinski definition) is 1. The lowest BCUT2D eigenvalue weighted by Gasteiger charge is -2.38. The number of benzene rings is 1. The lowest BCUT2D eigenvalue weighted by molar-refractivity contribution is 0.0636. The Morgan fingerprint density at radius 2 is 1.95 bits per heavy atom. The van der Waals surface area contributed by atoms with Gasteiger partial charge in [0.05, 0.1) is 12.7 Å². The maximum absolute atomic E-state index is 12.6. The minimum Gasteiger partial charge on any atom is -0.497 e. The Labute approximate surface area is 127 Å². The fourth-order valence-electron chi connectivity index (χ4n) is 2.99. The summed E-state index contributed by atoms with van der Waals surface area (Å²) in [6.45, 7) is 4.60. The van der Waals surface area contributed by atoms with Gasteiger partial charge in [-0.25, -0.2) is 0 Å². The number of nitrogen functional groups attached to an aromatic ring is 1. The van der Waals surface area contributed by atoms with E-state index in [1.807, 2.05) is 11.9 Å². The van der Waals surface area contributed by atoms with E-state index in [1.54, 1.807) is 25.3 Å². The summed E-state index contributed by atoms with van der Waals surface area (Å²) in [6.07, 6.45) is 4.44. The van der Waals surface area contributed by atoms with Crippen molar-refractivity contribution in [3.05, 3.63) is 23.8 Å². The van der Waals surface area contributed by atoms with Crippen LogP contribution in [-0.4, -0.2) is 31.0 Å². The number of hydrogen-bond acceptors (Lipinski definition) is 3. The van der Waals surface area contributed by atoms with Crippen molar-refractivity contribution in [1.82, 2.24) is 4.90 Å². The van der Waals surface area contributed by atoms with Gasteiger partial charge in [0.1, 0.15) is 5.75 Å². The van der Waals surface area contributed by atoms with Crippen molar-refractivity contribution in [2.45, 2.75) is 45.6 Å². The first kappa shape index (κ1) is 15.7. The van der Waals surface area contributed by atoms with Crippen molar-refractivity contribution in [3.63, 3.8) is 0 Å². The van der Waals surface area contributed by atoms with Gasteiger partial charge >= 0.3 is 0 Å². The topological polar surface area (TPSA) is 55.6 Å². The van der Waals surface area contributed by atoms with E-state index in [2.05, 4.69) is 13.8 Å². The first-order chi connectivity index (χ1) is 9.84. The van der Waals surface area contributed by atoms with Crippen LogP contribution in [0.1, 0.15) is 49.9 Å². The average molecular weight is 290 g/mol. The number of nitrogens with two attached hydrogens (primary N) is 1. The molecule has 0 unspecified atom stereocenters. The standard InChI is InChI=1S/C17H26N2O2/c1-17(2)9-7-12(8-10-17)19(3)16(20)14-6-5-13(21-4)11-15(14)18/h5-6,11-12H,7-10,18H2,1-4H3. The predicted octanol–water partition coefficient (Wildman–Crippen LogP) is 3.32. The van der Waals surface area contributed by atoms with E-state index in [0.29, 0.717) is 28.5 Å². The minimum atomic E-state index is -0.000130. The molecular formula is C17H26N2O2. The molecule has 0 radical (unpaired) electrons. The molecule has 0 heterocycles. The number of nitrogens with zero attached hydrogens (tertiary/aromatic N) is 1. The molecular weight excluding hydrogens is 264 g/mol. The lowest BCUT2D eigenvalue weighted by atomic mass is 9.75. The minimum absolute atomic E-state index is 0.000130. The van der Waals surface area contributed by atoms with Crippen molar-refractivity contribution in [2.75, 3.05) is 19.9 Å². The molecule has 4 heteroatoms. The fourth-order valence-corrected chi connectivity index (χ4v) is 2.99. The molecule has 0 aliphatic heterocycles. The van der Waals surface area contributed by atoms with Gasteiger partial charge in [0, 0.05) is 24.8 Å². The van der Waals surface area contributed by atoms with Crippen LogP contribution in [0.15, 0.2) is 18.2 Å². The molecule has 0 spiro atoms. The first-order valence-corrected chi connectivity index (χ1v) is 7.55. The molecule has 1 fully saturated rings. The van der Waals surface area contributed by atoms with Crippen LogP contribution >= 0.6 is 0 Å². The SMILES string of the molecule is COc1ccc(C(=O)N(C)C2CCC(C)(C)CC2)c(N)c1. The number of amides is 1. The van der Waals surface area contributed by atoms with E-state index in [1.165, 1.54) is 0 Å². The molecule has 1 aromatic carbocycles. The van der Waals surface area contributed by atoms with E-state index in [9.17, 15) is 4.79 Å². The summed E-state index contributed by atoms with van der Waals surface area (Å²) in [5.41, 5.74) is 7.42. The van der Waals surface area contributed by atoms with Crippen LogP contribution in [-0.2, 0) is 0 Å². The molecule has 1 saturated carbocycles. The van der Waals surface area contributed by atoms with E-state index in [0.717, 1.165) is 25.7 Å². The number of anilines is 1. The maximum Gasteiger partial charge on any atom is 0.255 e. The Hall–Kier alpha value is -1.71. The number of rotatable bonds is 3. The van der Waals surface area contributed by atoms with Crippen LogP contribution in [0.5, 0.6) is 5.75 Å². The molecule has 21 heavy (non-hydrogen) atoms. The molecule has 116 valence electrons. The maximum atomic E-state index is 12.6. The van der Waals surface area contributed by atoms with E-state index < -0.39 is 0 Å². The third-order valence-corrected chi connectivity index (χ3v) is 4.67. The van der Waals surface area contributed by atoms with Gasteiger partial charge in [-0.15, -0.1) is 0 Å². The molecule has 2 N–H and O–H groups in total. The Morgan fingerprint density at radius 1 is 1.33 bits per heavy atom. The van der Waals surface area contributed by atoms with Crippen molar-refractivity contribution in [1.29, 1.82) is 0 Å². The summed E-state index contributed by atoms with van der Waals surface area (Å²) in [6, 6.07) is 5.54. The highest BCUT2D eigenvalue weighted by atomic mass is 16.5. The Bertz CT molecular complexity index is 516. The smallest absolute Gasteiger partial charge is 0.255 e. The van der Waals surface area contributed by atoms with Crippen molar-refractivity contribution in [3.8, 4) is 5.75 Å². The molecule has 1 aliphatic rings. The van der Waals surface area contributed by atoms with Crippen LogP contribution in [0, 0.1) is 5.41 Å². The van der Waals surface area contributed by atoms with Gasteiger partial charge in [0.15, 0.2) is 0 Å². The number of carbonyl (C=O) groups excluding carboxylic acids is 1. The van der Waals surface area contributed by atoms with E-state index in [-0.39, 0.29) is 5.91 Å². The molecule has 1 amide bonds. The average Bonchev–Trinajstić information content (AvgIpc) is 2.45. The van der Waals surface area contributed by atoms with Crippen LogP contribution < -0.4 is 10.5 Å². The summed E-state index contributed by atoms with van der Waals surface area (Å²) < 4.78 is 5.12. The molecule has 0 atom stereocenters. The van der Waals surface area contributed by atoms with Crippen LogP contribution in [0.25, 0.3) is 0 Å². The molecule has 0 bridgehead atoms. The Balaban J connectivity index is 2.09. The van der Waals surface area contributed by atoms with Crippen molar-refractivity contribution in [2.24, 2.45) is 5.41 Å². The van der Waals surface area contributed by atoms with Crippen LogP contribution in [0.3, 0.4) is 0 Å². The van der Waals surface area contributed by atoms with Crippen molar-refractivity contribution >= 4 is 11.6 Å². The zero-order valence-corrected chi connectivity index (χ0v) is 13.5. The van der Waals surface area contributed by atoms with Crippen LogP contribution in [0.4, 0.5) is 5.69 Å². The highest BCUT2D eigenvalue weighted by Crippen LogP contribution is 2.37. The predicted molar refractivity (Wildman–Crippen MR) is 85.5 cm³/mol. The summed E-state index contributed by atoms with van der Waals surface area (Å²) in [5.74, 6) is 0.672. The molecule has 1 aromatic rings. The second kappa shape index (κ2) is 5.96. The quantitative estimate of drug-likeness (QED) is 0.869. The number of ether oxygens (including phenoxy) is 1. The van der Waals surface area contributed by atoms with Gasteiger partial charge in [-0.1, -0.05) is 13.8 Å². The molecule has 2 rings (SSSR count). The van der Waals surface area contributed by atoms with Gasteiger partial charge in [-0.2, -0.15) is 0 Å². The summed E-state index contributed by atoms with van der Waals surface area (Å²) >= 11 is 0.